The van der Waals surface area contributed by atoms with E-state index in [1.54, 1.807) is 7.11 Å². The van der Waals surface area contributed by atoms with Gasteiger partial charge in [0.1, 0.15) is 11.6 Å². The average molecular weight is 507 g/mol. The smallest absolute Gasteiger partial charge is 0.229 e. The molecule has 1 N–H and O–H groups in total. The van der Waals surface area contributed by atoms with Crippen LogP contribution in [0.4, 0.5) is 11.8 Å². The molecule has 2 atom stereocenters. The molecular formula is C28H38N6O3. The van der Waals surface area contributed by atoms with Gasteiger partial charge in [-0.3, -0.25) is 0 Å². The van der Waals surface area contributed by atoms with Gasteiger partial charge in [-0.2, -0.15) is 9.97 Å². The van der Waals surface area contributed by atoms with Gasteiger partial charge in [0.05, 0.1) is 56.7 Å². The third kappa shape index (κ3) is 5.49. The highest BCUT2D eigenvalue weighted by atomic mass is 16.5. The van der Waals surface area contributed by atoms with Crippen molar-refractivity contribution in [3.8, 4) is 17.0 Å². The first kappa shape index (κ1) is 25.6. The van der Waals surface area contributed by atoms with E-state index in [0.29, 0.717) is 44.1 Å². The number of nitrogens with one attached hydrogen (secondary N) is 1. The first-order valence-electron chi connectivity index (χ1n) is 13.2. The summed E-state index contributed by atoms with van der Waals surface area (Å²) in [4.78, 5) is 19.7. The van der Waals surface area contributed by atoms with Gasteiger partial charge in [-0.1, -0.05) is 13.8 Å². The molecule has 1 unspecified atom stereocenters. The number of methoxy groups -OCH3 is 1. The van der Waals surface area contributed by atoms with Crippen LogP contribution in [-0.2, 0) is 16.0 Å². The zero-order chi connectivity index (χ0) is 25.9. The molecule has 0 amide bonds. The maximum Gasteiger partial charge on any atom is 0.229 e. The van der Waals surface area contributed by atoms with E-state index in [4.69, 9.17) is 29.2 Å². The molecule has 4 heterocycles. The third-order valence-electron chi connectivity index (χ3n) is 7.07. The summed E-state index contributed by atoms with van der Waals surface area (Å²) < 4.78 is 17.0. The molecule has 0 spiro atoms. The van der Waals surface area contributed by atoms with Crippen LogP contribution in [0.3, 0.4) is 0 Å². The van der Waals surface area contributed by atoms with Crippen LogP contribution < -0.4 is 19.9 Å². The Kier molecular flexibility index (Phi) is 7.73. The van der Waals surface area contributed by atoms with Crippen molar-refractivity contribution in [2.45, 2.75) is 52.4 Å². The van der Waals surface area contributed by atoms with E-state index in [9.17, 15) is 0 Å². The van der Waals surface area contributed by atoms with Gasteiger partial charge in [0, 0.05) is 36.8 Å². The number of hydrogen-bond donors (Lipinski definition) is 1. The van der Waals surface area contributed by atoms with Crippen molar-refractivity contribution < 1.29 is 14.2 Å². The van der Waals surface area contributed by atoms with Gasteiger partial charge in [0.25, 0.3) is 0 Å². The van der Waals surface area contributed by atoms with Gasteiger partial charge in [-0.05, 0) is 44.2 Å². The van der Waals surface area contributed by atoms with Gasteiger partial charge in [-0.15, -0.1) is 0 Å². The van der Waals surface area contributed by atoms with Crippen LogP contribution >= 0.6 is 0 Å². The van der Waals surface area contributed by atoms with Crippen molar-refractivity contribution in [1.82, 2.24) is 20.3 Å². The minimum Gasteiger partial charge on any atom is -0.496 e. The van der Waals surface area contributed by atoms with Gasteiger partial charge < -0.3 is 29.3 Å². The van der Waals surface area contributed by atoms with Crippen LogP contribution in [0.15, 0.2) is 30.3 Å². The largest absolute Gasteiger partial charge is 0.496 e. The Labute approximate surface area is 219 Å². The summed E-state index contributed by atoms with van der Waals surface area (Å²) in [5, 5.41) is 4.44. The molecule has 3 aromatic rings. The molecule has 2 saturated heterocycles. The van der Waals surface area contributed by atoms with E-state index in [1.807, 2.05) is 6.07 Å². The number of fused-ring (bicyclic) bond motifs is 1. The Bertz CT molecular complexity index is 1240. The monoisotopic (exact) mass is 506 g/mol. The van der Waals surface area contributed by atoms with Gasteiger partial charge in [0.15, 0.2) is 5.65 Å². The van der Waals surface area contributed by atoms with Crippen LogP contribution in [0.5, 0.6) is 5.75 Å². The molecule has 2 aromatic heterocycles. The number of pyridine rings is 1. The first-order chi connectivity index (χ1) is 17.9. The van der Waals surface area contributed by atoms with Crippen LogP contribution in [0, 0.1) is 0 Å². The Balaban J connectivity index is 1.59. The van der Waals surface area contributed by atoms with Crippen molar-refractivity contribution in [3.05, 3.63) is 35.9 Å². The lowest BCUT2D eigenvalue weighted by molar-refractivity contribution is 0.0973. The third-order valence-corrected chi connectivity index (χ3v) is 7.07. The second-order valence-electron chi connectivity index (χ2n) is 10.2. The molecule has 0 radical (unpaired) electrons. The maximum atomic E-state index is 5.71. The minimum atomic E-state index is 0.196. The Morgan fingerprint density at radius 1 is 0.973 bits per heavy atom. The number of rotatable bonds is 7. The molecule has 0 bridgehead atoms. The fourth-order valence-corrected chi connectivity index (χ4v) is 4.95. The maximum absolute atomic E-state index is 5.71. The second-order valence-corrected chi connectivity index (χ2v) is 10.2. The highest BCUT2D eigenvalue weighted by Gasteiger charge is 2.27. The Morgan fingerprint density at radius 3 is 2.38 bits per heavy atom. The standard InChI is InChI=1S/C28H38N6O3/c1-18(2)29-15-22-14-21(6-9-25(22)35-5)24-8-7-23-26(30-24)31-28(34-11-13-37-17-20(34)4)32-27(23)33-10-12-36-16-19(33)3/h6-9,14,18-20,29H,10-13,15-17H2,1-5H3/t19?,20-/m0/s1. The molecule has 2 fully saturated rings. The summed E-state index contributed by atoms with van der Waals surface area (Å²) >= 11 is 0. The molecule has 37 heavy (non-hydrogen) atoms. The lowest BCUT2D eigenvalue weighted by atomic mass is 10.1. The fourth-order valence-electron chi connectivity index (χ4n) is 4.95. The van der Waals surface area contributed by atoms with Gasteiger partial charge in [0.2, 0.25) is 5.95 Å². The predicted octanol–water partition coefficient (Wildman–Crippen LogP) is 3.65. The van der Waals surface area contributed by atoms with Crippen LogP contribution in [-0.4, -0.2) is 79.7 Å². The summed E-state index contributed by atoms with van der Waals surface area (Å²) in [6.45, 7) is 13.6. The summed E-state index contributed by atoms with van der Waals surface area (Å²) in [7, 11) is 1.71. The lowest BCUT2D eigenvalue weighted by Gasteiger charge is -2.37. The molecule has 5 rings (SSSR count). The molecule has 0 aliphatic carbocycles. The number of anilines is 2. The SMILES string of the molecule is COc1ccc(-c2ccc3c(N4CCOCC4C)nc(N4CCOC[C@@H]4C)nc3n2)cc1CNC(C)C. The molecule has 9 nitrogen and oxygen atoms in total. The number of aromatic nitrogens is 3. The molecular weight excluding hydrogens is 468 g/mol. The predicted molar refractivity (Wildman–Crippen MR) is 147 cm³/mol. The Morgan fingerprint density at radius 2 is 1.70 bits per heavy atom. The summed E-state index contributed by atoms with van der Waals surface area (Å²) in [6, 6.07) is 11.2. The summed E-state index contributed by atoms with van der Waals surface area (Å²) in [6.07, 6.45) is 0. The number of nitrogens with zero attached hydrogens (tertiary/aromatic N) is 5. The van der Waals surface area contributed by atoms with Crippen molar-refractivity contribution in [1.29, 1.82) is 0 Å². The zero-order valence-corrected chi connectivity index (χ0v) is 22.5. The van der Waals surface area contributed by atoms with Crippen LogP contribution in [0.25, 0.3) is 22.3 Å². The zero-order valence-electron chi connectivity index (χ0n) is 22.5. The lowest BCUT2D eigenvalue weighted by Crippen LogP contribution is -2.46. The number of ether oxygens (including phenoxy) is 3. The van der Waals surface area contributed by atoms with Crippen LogP contribution in [0.1, 0.15) is 33.3 Å². The summed E-state index contributed by atoms with van der Waals surface area (Å²) in [5.74, 6) is 2.50. The minimum absolute atomic E-state index is 0.196. The normalized spacial score (nSPS) is 20.6. The molecule has 198 valence electrons. The number of hydrogen-bond acceptors (Lipinski definition) is 9. The van der Waals surface area contributed by atoms with Crippen molar-refractivity contribution >= 4 is 22.8 Å². The summed E-state index contributed by atoms with van der Waals surface area (Å²) in [5.41, 5.74) is 3.71. The highest BCUT2D eigenvalue weighted by Crippen LogP contribution is 2.32. The van der Waals surface area contributed by atoms with E-state index < -0.39 is 0 Å². The van der Waals surface area contributed by atoms with E-state index in [0.717, 1.165) is 53.4 Å². The second kappa shape index (κ2) is 11.2. The molecule has 2 aliphatic heterocycles. The molecule has 1 aromatic carbocycles. The van der Waals surface area contributed by atoms with E-state index in [1.165, 1.54) is 0 Å². The van der Waals surface area contributed by atoms with E-state index in [2.05, 4.69) is 67.1 Å². The van der Waals surface area contributed by atoms with Crippen molar-refractivity contribution in [2.75, 3.05) is 56.4 Å². The van der Waals surface area contributed by atoms with Gasteiger partial charge >= 0.3 is 0 Å². The van der Waals surface area contributed by atoms with Crippen LogP contribution in [0.2, 0.25) is 0 Å². The first-order valence-corrected chi connectivity index (χ1v) is 13.2. The average Bonchev–Trinajstić information content (AvgIpc) is 2.91. The van der Waals surface area contributed by atoms with Crippen molar-refractivity contribution in [2.24, 2.45) is 0 Å². The fraction of sp³-hybridized carbons (Fsp3) is 0.536. The Hall–Kier alpha value is -3.01. The quantitative estimate of drug-likeness (QED) is 0.516. The molecule has 2 aliphatic rings. The van der Waals surface area contributed by atoms with Gasteiger partial charge in [-0.25, -0.2) is 4.98 Å². The molecule has 9 heteroatoms. The number of morpholine rings is 2. The molecule has 0 saturated carbocycles. The van der Waals surface area contributed by atoms with E-state index >= 15 is 0 Å². The highest BCUT2D eigenvalue weighted by molar-refractivity contribution is 5.90. The van der Waals surface area contributed by atoms with E-state index in [-0.39, 0.29) is 12.1 Å². The topological polar surface area (TPSA) is 84.9 Å². The number of benzene rings is 1. The van der Waals surface area contributed by atoms with Crippen molar-refractivity contribution in [3.63, 3.8) is 0 Å².